The predicted molar refractivity (Wildman–Crippen MR) is 64.4 cm³/mol. The number of aromatic carboxylic acids is 1. The molecule has 7 heteroatoms. The van der Waals surface area contributed by atoms with E-state index in [1.165, 1.54) is 12.4 Å². The SMILES string of the molecule is O=C(O)c1cnc(NC2CCC(C(F)F)CC2)cn1. The molecule has 0 atom stereocenters. The van der Waals surface area contributed by atoms with E-state index in [0.717, 1.165) is 0 Å². The highest BCUT2D eigenvalue weighted by Crippen LogP contribution is 2.30. The molecule has 0 aliphatic heterocycles. The molecule has 1 saturated carbocycles. The van der Waals surface area contributed by atoms with Crippen molar-refractivity contribution in [2.75, 3.05) is 5.32 Å². The van der Waals surface area contributed by atoms with Crippen molar-refractivity contribution in [1.29, 1.82) is 0 Å². The second kappa shape index (κ2) is 5.90. The number of nitrogens with one attached hydrogen (secondary N) is 1. The number of hydrogen-bond donors (Lipinski definition) is 2. The summed E-state index contributed by atoms with van der Waals surface area (Å²) in [6.07, 6.45) is 2.61. The van der Waals surface area contributed by atoms with Crippen molar-refractivity contribution in [1.82, 2.24) is 9.97 Å². The Bertz CT molecular complexity index is 431. The Morgan fingerprint density at radius 2 is 1.95 bits per heavy atom. The number of carboxylic acids is 1. The Morgan fingerprint density at radius 1 is 1.26 bits per heavy atom. The molecule has 2 rings (SSSR count). The van der Waals surface area contributed by atoms with Crippen LogP contribution in [0, 0.1) is 5.92 Å². The molecule has 1 aliphatic carbocycles. The van der Waals surface area contributed by atoms with Gasteiger partial charge in [0.15, 0.2) is 5.69 Å². The van der Waals surface area contributed by atoms with Crippen LogP contribution in [0.25, 0.3) is 0 Å². The van der Waals surface area contributed by atoms with Crippen molar-refractivity contribution < 1.29 is 18.7 Å². The monoisotopic (exact) mass is 271 g/mol. The van der Waals surface area contributed by atoms with Gasteiger partial charge in [-0.15, -0.1) is 0 Å². The fraction of sp³-hybridized carbons (Fsp3) is 0.583. The van der Waals surface area contributed by atoms with Crippen LogP contribution in [-0.2, 0) is 0 Å². The van der Waals surface area contributed by atoms with Crippen LogP contribution in [0.15, 0.2) is 12.4 Å². The maximum Gasteiger partial charge on any atom is 0.356 e. The van der Waals surface area contributed by atoms with Gasteiger partial charge in [-0.1, -0.05) is 0 Å². The topological polar surface area (TPSA) is 75.1 Å². The minimum atomic E-state index is -2.24. The average molecular weight is 271 g/mol. The smallest absolute Gasteiger partial charge is 0.356 e. The van der Waals surface area contributed by atoms with Gasteiger partial charge in [-0.05, 0) is 25.7 Å². The van der Waals surface area contributed by atoms with E-state index in [9.17, 15) is 13.6 Å². The molecular formula is C12H15F2N3O2. The van der Waals surface area contributed by atoms with Crippen molar-refractivity contribution in [2.24, 2.45) is 5.92 Å². The van der Waals surface area contributed by atoms with Gasteiger partial charge in [0.2, 0.25) is 6.43 Å². The zero-order valence-corrected chi connectivity index (χ0v) is 10.2. The Balaban J connectivity index is 1.87. The highest BCUT2D eigenvalue weighted by molar-refractivity contribution is 5.84. The van der Waals surface area contributed by atoms with Gasteiger partial charge < -0.3 is 10.4 Å². The van der Waals surface area contributed by atoms with E-state index in [1.54, 1.807) is 0 Å². The third-order valence-electron chi connectivity index (χ3n) is 3.35. The highest BCUT2D eigenvalue weighted by atomic mass is 19.3. The summed E-state index contributed by atoms with van der Waals surface area (Å²) < 4.78 is 25.0. The largest absolute Gasteiger partial charge is 0.476 e. The minimum Gasteiger partial charge on any atom is -0.476 e. The lowest BCUT2D eigenvalue weighted by molar-refractivity contribution is 0.0544. The number of anilines is 1. The second-order valence-corrected chi connectivity index (χ2v) is 4.68. The molecule has 2 N–H and O–H groups in total. The Kier molecular flexibility index (Phi) is 4.24. The van der Waals surface area contributed by atoms with Crippen LogP contribution in [0.1, 0.15) is 36.2 Å². The van der Waals surface area contributed by atoms with Gasteiger partial charge in [0, 0.05) is 12.0 Å². The first-order valence-electron chi connectivity index (χ1n) is 6.16. The van der Waals surface area contributed by atoms with E-state index in [0.29, 0.717) is 31.5 Å². The lowest BCUT2D eigenvalue weighted by Crippen LogP contribution is -2.29. The van der Waals surface area contributed by atoms with Gasteiger partial charge in [0.05, 0.1) is 12.4 Å². The van der Waals surface area contributed by atoms with Crippen molar-refractivity contribution in [3.05, 3.63) is 18.1 Å². The average Bonchev–Trinajstić information content (AvgIpc) is 2.40. The number of carbonyl (C=O) groups is 1. The molecule has 1 heterocycles. The summed E-state index contributed by atoms with van der Waals surface area (Å²) in [7, 11) is 0. The lowest BCUT2D eigenvalue weighted by Gasteiger charge is -2.28. The number of nitrogens with zero attached hydrogens (tertiary/aromatic N) is 2. The zero-order chi connectivity index (χ0) is 13.8. The molecule has 1 aliphatic rings. The van der Waals surface area contributed by atoms with Crippen molar-refractivity contribution in [3.8, 4) is 0 Å². The molecule has 0 unspecified atom stereocenters. The van der Waals surface area contributed by atoms with Gasteiger partial charge in [0.1, 0.15) is 5.82 Å². The van der Waals surface area contributed by atoms with E-state index in [2.05, 4.69) is 15.3 Å². The van der Waals surface area contributed by atoms with Crippen molar-refractivity contribution >= 4 is 11.8 Å². The lowest BCUT2D eigenvalue weighted by atomic mass is 9.86. The molecule has 1 fully saturated rings. The second-order valence-electron chi connectivity index (χ2n) is 4.68. The Morgan fingerprint density at radius 3 is 2.42 bits per heavy atom. The van der Waals surface area contributed by atoms with E-state index in [1.807, 2.05) is 0 Å². The first-order valence-corrected chi connectivity index (χ1v) is 6.16. The first kappa shape index (κ1) is 13.6. The maximum absolute atomic E-state index is 12.5. The minimum absolute atomic E-state index is 0.0972. The summed E-state index contributed by atoms with van der Waals surface area (Å²) >= 11 is 0. The molecule has 1 aromatic rings. The molecule has 1 aromatic heterocycles. The molecule has 104 valence electrons. The van der Waals surface area contributed by atoms with Gasteiger partial charge >= 0.3 is 5.97 Å². The summed E-state index contributed by atoms with van der Waals surface area (Å²) in [5.41, 5.74) is -0.119. The summed E-state index contributed by atoms with van der Waals surface area (Å²) in [6, 6.07) is 0.0972. The van der Waals surface area contributed by atoms with Crippen LogP contribution in [0.2, 0.25) is 0 Å². The standard InChI is InChI=1S/C12H15F2N3O2/c13-11(14)7-1-3-8(4-2-7)17-10-6-15-9(5-16-10)12(18)19/h5-8,11H,1-4H2,(H,16,17)(H,18,19). The summed E-state index contributed by atoms with van der Waals surface area (Å²) in [4.78, 5) is 18.3. The molecule has 5 nitrogen and oxygen atoms in total. The van der Waals surface area contributed by atoms with Crippen LogP contribution in [0.3, 0.4) is 0 Å². The third kappa shape index (κ3) is 3.59. The predicted octanol–water partition coefficient (Wildman–Crippen LogP) is 2.41. The maximum atomic E-state index is 12.5. The van der Waals surface area contributed by atoms with E-state index < -0.39 is 18.3 Å². The number of hydrogen-bond acceptors (Lipinski definition) is 4. The fourth-order valence-corrected chi connectivity index (χ4v) is 2.24. The van der Waals surface area contributed by atoms with E-state index in [4.69, 9.17) is 5.11 Å². The molecule has 0 spiro atoms. The Labute approximate surface area is 109 Å². The van der Waals surface area contributed by atoms with Crippen LogP contribution < -0.4 is 5.32 Å². The number of alkyl halides is 2. The molecule has 0 radical (unpaired) electrons. The van der Waals surface area contributed by atoms with Gasteiger partial charge in [-0.2, -0.15) is 0 Å². The molecular weight excluding hydrogens is 256 g/mol. The van der Waals surface area contributed by atoms with Crippen LogP contribution in [0.5, 0.6) is 0 Å². The van der Waals surface area contributed by atoms with Gasteiger partial charge in [0.25, 0.3) is 0 Å². The molecule has 0 saturated heterocycles. The summed E-state index contributed by atoms with van der Waals surface area (Å²) in [5.74, 6) is -1.15. The van der Waals surface area contributed by atoms with Gasteiger partial charge in [-0.25, -0.2) is 23.5 Å². The summed E-state index contributed by atoms with van der Waals surface area (Å²) in [5, 5.41) is 11.8. The number of rotatable bonds is 4. The fourth-order valence-electron chi connectivity index (χ4n) is 2.24. The normalized spacial score (nSPS) is 23.3. The molecule has 19 heavy (non-hydrogen) atoms. The number of halogens is 2. The molecule has 0 amide bonds. The quantitative estimate of drug-likeness (QED) is 0.879. The molecule has 0 aromatic carbocycles. The number of aromatic nitrogens is 2. The van der Waals surface area contributed by atoms with Gasteiger partial charge in [-0.3, -0.25) is 0 Å². The van der Waals surface area contributed by atoms with Crippen molar-refractivity contribution in [2.45, 2.75) is 38.2 Å². The third-order valence-corrected chi connectivity index (χ3v) is 3.35. The Hall–Kier alpha value is -1.79. The highest BCUT2D eigenvalue weighted by Gasteiger charge is 2.27. The number of carboxylic acid groups (broad SMARTS) is 1. The van der Waals surface area contributed by atoms with Crippen molar-refractivity contribution in [3.63, 3.8) is 0 Å². The summed E-state index contributed by atoms with van der Waals surface area (Å²) in [6.45, 7) is 0. The van der Waals surface area contributed by atoms with Crippen LogP contribution in [-0.4, -0.2) is 33.5 Å². The van der Waals surface area contributed by atoms with E-state index >= 15 is 0 Å². The first-order chi connectivity index (χ1) is 9.06. The van der Waals surface area contributed by atoms with Crippen LogP contribution in [0.4, 0.5) is 14.6 Å². The molecule has 0 bridgehead atoms. The zero-order valence-electron chi connectivity index (χ0n) is 10.2. The van der Waals surface area contributed by atoms with E-state index in [-0.39, 0.29) is 11.7 Å². The van der Waals surface area contributed by atoms with Crippen LogP contribution >= 0.6 is 0 Å².